The number of amides is 1. The van der Waals surface area contributed by atoms with Crippen LogP contribution in [0.3, 0.4) is 0 Å². The maximum atomic E-state index is 13.3. The molecular formula is C18H25FN2O3. The Morgan fingerprint density at radius 1 is 1.38 bits per heavy atom. The van der Waals surface area contributed by atoms with Gasteiger partial charge in [-0.2, -0.15) is 0 Å². The summed E-state index contributed by atoms with van der Waals surface area (Å²) in [7, 11) is 0. The van der Waals surface area contributed by atoms with Crippen LogP contribution in [0.2, 0.25) is 0 Å². The molecular weight excluding hydrogens is 311 g/mol. The second-order valence-corrected chi connectivity index (χ2v) is 7.01. The van der Waals surface area contributed by atoms with E-state index in [0.717, 1.165) is 25.9 Å². The highest BCUT2D eigenvalue weighted by molar-refractivity contribution is 5.78. The Kier molecular flexibility index (Phi) is 5.06. The van der Waals surface area contributed by atoms with Crippen LogP contribution in [0.5, 0.6) is 5.75 Å². The molecule has 1 amide bonds. The molecule has 24 heavy (non-hydrogen) atoms. The van der Waals surface area contributed by atoms with Crippen LogP contribution in [0.4, 0.5) is 4.39 Å². The third-order valence-electron chi connectivity index (χ3n) is 4.84. The van der Waals surface area contributed by atoms with Crippen molar-refractivity contribution in [1.29, 1.82) is 0 Å². The Labute approximate surface area is 142 Å². The number of benzene rings is 1. The summed E-state index contributed by atoms with van der Waals surface area (Å²) in [6, 6.07) is 5.95. The fraction of sp³-hybridized carbons (Fsp3) is 0.611. The standard InChI is InChI=1S/C18H25FN2O3/c1-18(23)13-20(12-17(22)21-8-2-3-9-21)10-7-16(18)24-15-6-4-5-14(19)11-15/h4-6,11,16,23H,2-3,7-10,12-13H2,1H3/t16-,18-/m0/s1. The number of rotatable bonds is 4. The van der Waals surface area contributed by atoms with E-state index in [0.29, 0.717) is 31.8 Å². The summed E-state index contributed by atoms with van der Waals surface area (Å²) in [5.74, 6) is 0.190. The molecule has 5 nitrogen and oxygen atoms in total. The van der Waals surface area contributed by atoms with Crippen molar-refractivity contribution < 1.29 is 19.0 Å². The first kappa shape index (κ1) is 17.2. The van der Waals surface area contributed by atoms with Gasteiger partial charge in [-0.3, -0.25) is 9.69 Å². The van der Waals surface area contributed by atoms with Crippen LogP contribution < -0.4 is 4.74 Å². The van der Waals surface area contributed by atoms with Crippen LogP contribution in [-0.2, 0) is 4.79 Å². The van der Waals surface area contributed by atoms with E-state index < -0.39 is 11.7 Å². The van der Waals surface area contributed by atoms with Gasteiger partial charge in [0.15, 0.2) is 0 Å². The first-order chi connectivity index (χ1) is 11.4. The van der Waals surface area contributed by atoms with Crippen LogP contribution in [0.15, 0.2) is 24.3 Å². The summed E-state index contributed by atoms with van der Waals surface area (Å²) < 4.78 is 19.1. The molecule has 2 saturated heterocycles. The van der Waals surface area contributed by atoms with Crippen molar-refractivity contribution in [1.82, 2.24) is 9.80 Å². The first-order valence-electron chi connectivity index (χ1n) is 8.59. The molecule has 0 saturated carbocycles. The minimum atomic E-state index is -1.09. The van der Waals surface area contributed by atoms with Gasteiger partial charge in [0, 0.05) is 32.2 Å². The van der Waals surface area contributed by atoms with Crippen LogP contribution >= 0.6 is 0 Å². The number of ether oxygens (including phenoxy) is 1. The number of likely N-dealkylation sites (tertiary alicyclic amines) is 2. The zero-order valence-corrected chi connectivity index (χ0v) is 14.1. The lowest BCUT2D eigenvalue weighted by Gasteiger charge is -2.42. The Morgan fingerprint density at radius 3 is 2.79 bits per heavy atom. The summed E-state index contributed by atoms with van der Waals surface area (Å²) in [6.45, 7) is 4.78. The van der Waals surface area contributed by atoms with Gasteiger partial charge < -0.3 is 14.7 Å². The van der Waals surface area contributed by atoms with Crippen molar-refractivity contribution >= 4 is 5.91 Å². The van der Waals surface area contributed by atoms with Crippen LogP contribution in [0.1, 0.15) is 26.2 Å². The van der Waals surface area contributed by atoms with Gasteiger partial charge in [0.25, 0.3) is 0 Å². The van der Waals surface area contributed by atoms with Crippen LogP contribution in [0.25, 0.3) is 0 Å². The maximum absolute atomic E-state index is 13.3. The molecule has 0 bridgehead atoms. The molecule has 1 aromatic rings. The summed E-state index contributed by atoms with van der Waals surface area (Å²) in [6.07, 6.45) is 2.33. The number of β-amino-alcohol motifs (C(OH)–C–C–N with tert-alkyl or cyclic N) is 1. The predicted molar refractivity (Wildman–Crippen MR) is 88.3 cm³/mol. The molecule has 2 fully saturated rings. The minimum Gasteiger partial charge on any atom is -0.487 e. The average molecular weight is 336 g/mol. The lowest BCUT2D eigenvalue weighted by Crippen LogP contribution is -2.58. The lowest BCUT2D eigenvalue weighted by atomic mass is 9.91. The predicted octanol–water partition coefficient (Wildman–Crippen LogP) is 1.65. The zero-order chi connectivity index (χ0) is 17.2. The lowest BCUT2D eigenvalue weighted by molar-refractivity contribution is -0.136. The molecule has 0 spiro atoms. The zero-order valence-electron chi connectivity index (χ0n) is 14.1. The van der Waals surface area contributed by atoms with E-state index >= 15 is 0 Å². The second-order valence-electron chi connectivity index (χ2n) is 7.01. The molecule has 0 radical (unpaired) electrons. The van der Waals surface area contributed by atoms with Crippen molar-refractivity contribution in [3.8, 4) is 5.75 Å². The highest BCUT2D eigenvalue weighted by atomic mass is 19.1. The van der Waals surface area contributed by atoms with Crippen molar-refractivity contribution in [2.24, 2.45) is 0 Å². The Hall–Kier alpha value is -1.66. The monoisotopic (exact) mass is 336 g/mol. The number of aliphatic hydroxyl groups is 1. The SMILES string of the molecule is C[C@]1(O)CN(CC(=O)N2CCCC2)CC[C@@H]1Oc1cccc(F)c1. The smallest absolute Gasteiger partial charge is 0.236 e. The number of hydrogen-bond donors (Lipinski definition) is 1. The van der Waals surface area contributed by atoms with Gasteiger partial charge in [-0.15, -0.1) is 0 Å². The Balaban J connectivity index is 1.57. The molecule has 3 rings (SSSR count). The second kappa shape index (κ2) is 7.07. The summed E-state index contributed by atoms with van der Waals surface area (Å²) in [5.41, 5.74) is -1.09. The molecule has 2 heterocycles. The fourth-order valence-electron chi connectivity index (χ4n) is 3.53. The largest absolute Gasteiger partial charge is 0.487 e. The highest BCUT2D eigenvalue weighted by Gasteiger charge is 2.40. The quantitative estimate of drug-likeness (QED) is 0.908. The third-order valence-corrected chi connectivity index (χ3v) is 4.84. The number of hydrogen-bond acceptors (Lipinski definition) is 4. The van der Waals surface area contributed by atoms with Gasteiger partial charge in [-0.05, 0) is 38.3 Å². The van der Waals surface area contributed by atoms with Gasteiger partial charge in [-0.1, -0.05) is 6.07 Å². The van der Waals surface area contributed by atoms with Gasteiger partial charge in [0.1, 0.15) is 23.3 Å². The molecule has 2 atom stereocenters. The van der Waals surface area contributed by atoms with Gasteiger partial charge in [0.05, 0.1) is 6.54 Å². The van der Waals surface area contributed by atoms with E-state index in [1.807, 2.05) is 9.80 Å². The topological polar surface area (TPSA) is 53.0 Å². The van der Waals surface area contributed by atoms with Crippen molar-refractivity contribution in [2.75, 3.05) is 32.7 Å². The number of piperidine rings is 1. The normalized spacial score (nSPS) is 28.1. The Morgan fingerprint density at radius 2 is 2.12 bits per heavy atom. The van der Waals surface area contributed by atoms with E-state index in [-0.39, 0.29) is 11.7 Å². The van der Waals surface area contributed by atoms with Crippen molar-refractivity contribution in [3.05, 3.63) is 30.1 Å². The summed E-state index contributed by atoms with van der Waals surface area (Å²) in [4.78, 5) is 16.1. The van der Waals surface area contributed by atoms with E-state index in [4.69, 9.17) is 4.74 Å². The maximum Gasteiger partial charge on any atom is 0.236 e. The van der Waals surface area contributed by atoms with E-state index in [1.54, 1.807) is 19.1 Å². The minimum absolute atomic E-state index is 0.132. The van der Waals surface area contributed by atoms with E-state index in [9.17, 15) is 14.3 Å². The summed E-state index contributed by atoms with van der Waals surface area (Å²) >= 11 is 0. The van der Waals surface area contributed by atoms with Gasteiger partial charge in [-0.25, -0.2) is 4.39 Å². The van der Waals surface area contributed by atoms with Gasteiger partial charge in [0.2, 0.25) is 5.91 Å². The molecule has 0 aliphatic carbocycles. The molecule has 1 aromatic carbocycles. The van der Waals surface area contributed by atoms with E-state index in [1.165, 1.54) is 12.1 Å². The first-order valence-corrected chi connectivity index (χ1v) is 8.59. The van der Waals surface area contributed by atoms with E-state index in [2.05, 4.69) is 0 Å². The van der Waals surface area contributed by atoms with Gasteiger partial charge >= 0.3 is 0 Å². The highest BCUT2D eigenvalue weighted by Crippen LogP contribution is 2.27. The molecule has 2 aliphatic heterocycles. The van der Waals surface area contributed by atoms with Crippen LogP contribution in [-0.4, -0.2) is 65.2 Å². The summed E-state index contributed by atoms with van der Waals surface area (Å²) in [5, 5.41) is 10.7. The fourth-order valence-corrected chi connectivity index (χ4v) is 3.53. The molecule has 0 aromatic heterocycles. The number of halogens is 1. The molecule has 2 aliphatic rings. The molecule has 1 N–H and O–H groups in total. The third kappa shape index (κ3) is 4.05. The molecule has 6 heteroatoms. The number of nitrogens with zero attached hydrogens (tertiary/aromatic N) is 2. The Bertz CT molecular complexity index is 587. The average Bonchev–Trinajstić information content (AvgIpc) is 3.04. The van der Waals surface area contributed by atoms with Crippen molar-refractivity contribution in [3.63, 3.8) is 0 Å². The molecule has 0 unspecified atom stereocenters. The number of carbonyl (C=O) groups excluding carboxylic acids is 1. The van der Waals surface area contributed by atoms with Crippen molar-refractivity contribution in [2.45, 2.75) is 37.9 Å². The number of carbonyl (C=O) groups is 1. The van der Waals surface area contributed by atoms with Crippen LogP contribution in [0, 0.1) is 5.82 Å². The molecule has 132 valence electrons.